The summed E-state index contributed by atoms with van der Waals surface area (Å²) in [4.78, 5) is 0. The molecule has 0 bridgehead atoms. The van der Waals surface area contributed by atoms with Crippen LogP contribution in [0.5, 0.6) is 0 Å². The van der Waals surface area contributed by atoms with Crippen molar-refractivity contribution in [2.75, 3.05) is 0 Å². The fourth-order valence-corrected chi connectivity index (χ4v) is 1.77. The van der Waals surface area contributed by atoms with Gasteiger partial charge < -0.3 is 5.32 Å². The third-order valence-electron chi connectivity index (χ3n) is 2.68. The molecule has 0 amide bonds. The predicted octanol–water partition coefficient (Wildman–Crippen LogP) is 3.23. The second-order valence-corrected chi connectivity index (χ2v) is 4.61. The van der Waals surface area contributed by atoms with Gasteiger partial charge in [-0.2, -0.15) is 0 Å². The van der Waals surface area contributed by atoms with E-state index in [0.717, 1.165) is 12.1 Å². The molecule has 1 N–H and O–H groups in total. The first kappa shape index (κ1) is 10.1. The Morgan fingerprint density at radius 2 is 2.21 bits per heavy atom. The molecule has 1 aromatic carbocycles. The SMILES string of the molecule is Fc1cc(CNC2CCC2)ccc1Br. The van der Waals surface area contributed by atoms with E-state index in [9.17, 15) is 4.39 Å². The average Bonchev–Trinajstić information content (AvgIpc) is 2.08. The minimum atomic E-state index is -0.182. The Labute approximate surface area is 91.8 Å². The maximum absolute atomic E-state index is 13.1. The molecule has 2 rings (SSSR count). The van der Waals surface area contributed by atoms with Crippen LogP contribution < -0.4 is 5.32 Å². The van der Waals surface area contributed by atoms with Crippen molar-refractivity contribution in [3.05, 3.63) is 34.1 Å². The molecule has 0 heterocycles. The van der Waals surface area contributed by atoms with Crippen molar-refractivity contribution in [1.29, 1.82) is 0 Å². The molecule has 76 valence electrons. The van der Waals surface area contributed by atoms with E-state index in [1.165, 1.54) is 19.3 Å². The highest BCUT2D eigenvalue weighted by Crippen LogP contribution is 2.20. The van der Waals surface area contributed by atoms with Crippen LogP contribution in [0.1, 0.15) is 24.8 Å². The number of rotatable bonds is 3. The second kappa shape index (κ2) is 4.41. The van der Waals surface area contributed by atoms with E-state index in [-0.39, 0.29) is 5.82 Å². The van der Waals surface area contributed by atoms with Crippen LogP contribution in [0, 0.1) is 5.82 Å². The molecule has 1 aromatic rings. The first-order valence-corrected chi connectivity index (χ1v) is 5.72. The van der Waals surface area contributed by atoms with Gasteiger partial charge in [0.2, 0.25) is 0 Å². The van der Waals surface area contributed by atoms with Crippen molar-refractivity contribution in [2.24, 2.45) is 0 Å². The van der Waals surface area contributed by atoms with E-state index >= 15 is 0 Å². The molecule has 1 aliphatic carbocycles. The van der Waals surface area contributed by atoms with Crippen LogP contribution in [-0.4, -0.2) is 6.04 Å². The maximum atomic E-state index is 13.1. The van der Waals surface area contributed by atoms with Gasteiger partial charge in [-0.1, -0.05) is 12.5 Å². The molecule has 0 radical (unpaired) electrons. The lowest BCUT2D eigenvalue weighted by Gasteiger charge is -2.26. The van der Waals surface area contributed by atoms with Gasteiger partial charge in [0, 0.05) is 12.6 Å². The molecule has 1 aliphatic rings. The van der Waals surface area contributed by atoms with Gasteiger partial charge in [0.25, 0.3) is 0 Å². The van der Waals surface area contributed by atoms with Crippen molar-refractivity contribution in [3.8, 4) is 0 Å². The quantitative estimate of drug-likeness (QED) is 0.877. The predicted molar refractivity (Wildman–Crippen MR) is 58.6 cm³/mol. The van der Waals surface area contributed by atoms with E-state index < -0.39 is 0 Å². The summed E-state index contributed by atoms with van der Waals surface area (Å²) in [5.41, 5.74) is 1.01. The third kappa shape index (κ3) is 2.34. The van der Waals surface area contributed by atoms with Gasteiger partial charge in [0.05, 0.1) is 4.47 Å². The highest BCUT2D eigenvalue weighted by Gasteiger charge is 2.16. The Morgan fingerprint density at radius 1 is 1.43 bits per heavy atom. The molecule has 0 aliphatic heterocycles. The molecule has 0 atom stereocenters. The molecule has 0 spiro atoms. The summed E-state index contributed by atoms with van der Waals surface area (Å²) in [5, 5.41) is 3.40. The second-order valence-electron chi connectivity index (χ2n) is 3.76. The number of nitrogens with one attached hydrogen (secondary N) is 1. The fraction of sp³-hybridized carbons (Fsp3) is 0.455. The van der Waals surface area contributed by atoms with Crippen molar-refractivity contribution < 1.29 is 4.39 Å². The highest BCUT2D eigenvalue weighted by molar-refractivity contribution is 9.10. The first-order chi connectivity index (χ1) is 6.75. The zero-order valence-corrected chi connectivity index (χ0v) is 9.48. The van der Waals surface area contributed by atoms with E-state index in [1.807, 2.05) is 6.07 Å². The van der Waals surface area contributed by atoms with Gasteiger partial charge in [0.15, 0.2) is 0 Å². The van der Waals surface area contributed by atoms with Crippen molar-refractivity contribution in [1.82, 2.24) is 5.32 Å². The van der Waals surface area contributed by atoms with Crippen LogP contribution in [0.2, 0.25) is 0 Å². The number of benzene rings is 1. The van der Waals surface area contributed by atoms with Crippen LogP contribution in [0.25, 0.3) is 0 Å². The Bertz CT molecular complexity index is 323. The van der Waals surface area contributed by atoms with Gasteiger partial charge in [0.1, 0.15) is 5.82 Å². The first-order valence-electron chi connectivity index (χ1n) is 4.93. The largest absolute Gasteiger partial charge is 0.310 e. The Morgan fingerprint density at radius 3 is 2.79 bits per heavy atom. The third-order valence-corrected chi connectivity index (χ3v) is 3.33. The minimum absolute atomic E-state index is 0.182. The summed E-state index contributed by atoms with van der Waals surface area (Å²) in [7, 11) is 0. The summed E-state index contributed by atoms with van der Waals surface area (Å²) >= 11 is 3.14. The lowest BCUT2D eigenvalue weighted by atomic mass is 9.93. The van der Waals surface area contributed by atoms with Crippen LogP contribution in [-0.2, 0) is 6.54 Å². The van der Waals surface area contributed by atoms with E-state index in [1.54, 1.807) is 12.1 Å². The molecular weight excluding hydrogens is 245 g/mol. The lowest BCUT2D eigenvalue weighted by molar-refractivity contribution is 0.338. The summed E-state index contributed by atoms with van der Waals surface area (Å²) in [6.45, 7) is 0.773. The van der Waals surface area contributed by atoms with Gasteiger partial charge in [-0.05, 0) is 46.5 Å². The van der Waals surface area contributed by atoms with Crippen LogP contribution >= 0.6 is 15.9 Å². The monoisotopic (exact) mass is 257 g/mol. The van der Waals surface area contributed by atoms with Crippen molar-refractivity contribution in [2.45, 2.75) is 31.8 Å². The molecule has 0 saturated heterocycles. The Hall–Kier alpha value is -0.410. The van der Waals surface area contributed by atoms with Gasteiger partial charge in [-0.25, -0.2) is 4.39 Å². The lowest BCUT2D eigenvalue weighted by Crippen LogP contribution is -2.34. The molecule has 14 heavy (non-hydrogen) atoms. The van der Waals surface area contributed by atoms with Crippen molar-refractivity contribution in [3.63, 3.8) is 0 Å². The molecule has 1 fully saturated rings. The van der Waals surface area contributed by atoms with Crippen molar-refractivity contribution >= 4 is 15.9 Å². The van der Waals surface area contributed by atoms with E-state index in [4.69, 9.17) is 0 Å². The molecular formula is C11H13BrFN. The maximum Gasteiger partial charge on any atom is 0.137 e. The standard InChI is InChI=1S/C11H13BrFN/c12-10-5-4-8(6-11(10)13)7-14-9-2-1-3-9/h4-6,9,14H,1-3,7H2. The molecule has 0 unspecified atom stereocenters. The molecule has 1 nitrogen and oxygen atoms in total. The smallest absolute Gasteiger partial charge is 0.137 e. The average molecular weight is 258 g/mol. The van der Waals surface area contributed by atoms with Gasteiger partial charge in [-0.3, -0.25) is 0 Å². The number of hydrogen-bond donors (Lipinski definition) is 1. The van der Waals surface area contributed by atoms with Gasteiger partial charge >= 0.3 is 0 Å². The van der Waals surface area contributed by atoms with Crippen LogP contribution in [0.3, 0.4) is 0 Å². The normalized spacial score (nSPS) is 16.7. The van der Waals surface area contributed by atoms with Gasteiger partial charge in [-0.15, -0.1) is 0 Å². The Balaban J connectivity index is 1.91. The fourth-order valence-electron chi connectivity index (χ4n) is 1.52. The summed E-state index contributed by atoms with van der Waals surface area (Å²) in [5.74, 6) is -0.182. The topological polar surface area (TPSA) is 12.0 Å². The van der Waals surface area contributed by atoms with E-state index in [2.05, 4.69) is 21.2 Å². The minimum Gasteiger partial charge on any atom is -0.310 e. The van der Waals surface area contributed by atoms with Crippen LogP contribution in [0.15, 0.2) is 22.7 Å². The zero-order chi connectivity index (χ0) is 9.97. The summed E-state index contributed by atoms with van der Waals surface area (Å²) < 4.78 is 13.7. The van der Waals surface area contributed by atoms with E-state index in [0.29, 0.717) is 10.5 Å². The molecule has 0 aromatic heterocycles. The molecule has 1 saturated carbocycles. The zero-order valence-electron chi connectivity index (χ0n) is 7.89. The number of hydrogen-bond acceptors (Lipinski definition) is 1. The summed E-state index contributed by atoms with van der Waals surface area (Å²) in [6, 6.07) is 5.93. The van der Waals surface area contributed by atoms with Crippen LogP contribution in [0.4, 0.5) is 4.39 Å². The Kier molecular flexibility index (Phi) is 3.19. The highest BCUT2D eigenvalue weighted by atomic mass is 79.9. The number of halogens is 2. The molecule has 3 heteroatoms. The summed E-state index contributed by atoms with van der Waals surface area (Å²) in [6.07, 6.45) is 3.85.